The number of anilines is 1. The van der Waals surface area contributed by atoms with Crippen LogP contribution >= 0.6 is 11.6 Å². The Hall–Kier alpha value is -2.32. The lowest BCUT2D eigenvalue weighted by atomic mass is 10.1. The summed E-state index contributed by atoms with van der Waals surface area (Å²) in [6, 6.07) is 10.1. The van der Waals surface area contributed by atoms with Gasteiger partial charge in [0.1, 0.15) is 11.6 Å². The molecule has 28 heavy (non-hydrogen) atoms. The summed E-state index contributed by atoms with van der Waals surface area (Å²) >= 11 is 6.01. The smallest absolute Gasteiger partial charge is 0.261 e. The summed E-state index contributed by atoms with van der Waals surface area (Å²) in [5, 5.41) is 3.19. The molecule has 3 rings (SSSR count). The Morgan fingerprint density at radius 1 is 1.29 bits per heavy atom. The first-order valence-electron chi connectivity index (χ1n) is 8.65. The first kappa shape index (κ1) is 20.4. The molecule has 150 valence electrons. The summed E-state index contributed by atoms with van der Waals surface area (Å²) in [5.74, 6) is -0.472. The second-order valence-electron chi connectivity index (χ2n) is 6.62. The van der Waals surface area contributed by atoms with Crippen molar-refractivity contribution in [2.24, 2.45) is 0 Å². The van der Waals surface area contributed by atoms with Crippen molar-refractivity contribution in [2.45, 2.75) is 25.5 Å². The van der Waals surface area contributed by atoms with Crippen molar-refractivity contribution in [1.29, 1.82) is 0 Å². The van der Waals surface area contributed by atoms with Crippen LogP contribution in [0.1, 0.15) is 24.9 Å². The molecule has 6 nitrogen and oxygen atoms in total. The molecule has 9 heteroatoms. The molecule has 1 amide bonds. The second kappa shape index (κ2) is 7.97. The van der Waals surface area contributed by atoms with Crippen molar-refractivity contribution in [3.8, 4) is 5.75 Å². The number of fused-ring (bicyclic) bond motifs is 1. The van der Waals surface area contributed by atoms with E-state index in [9.17, 15) is 17.6 Å². The first-order valence-corrected chi connectivity index (χ1v) is 10.9. The highest BCUT2D eigenvalue weighted by molar-refractivity contribution is 7.92. The number of hydrogen-bond acceptors (Lipinski definition) is 4. The van der Waals surface area contributed by atoms with E-state index in [1.165, 1.54) is 22.5 Å². The van der Waals surface area contributed by atoms with Crippen LogP contribution in [0.25, 0.3) is 0 Å². The van der Waals surface area contributed by atoms with Crippen LogP contribution in [0, 0.1) is 5.82 Å². The Kier molecular flexibility index (Phi) is 5.81. The van der Waals surface area contributed by atoms with Crippen molar-refractivity contribution >= 4 is 33.2 Å². The monoisotopic (exact) mass is 426 g/mol. The third-order valence-electron chi connectivity index (χ3n) is 4.47. The number of carbonyl (C=O) groups excluding carboxylic acids is 1. The zero-order chi connectivity index (χ0) is 20.5. The normalized spacial score (nSPS) is 17.9. The van der Waals surface area contributed by atoms with Gasteiger partial charge in [0.15, 0.2) is 6.10 Å². The number of amides is 1. The molecule has 2 aromatic carbocycles. The summed E-state index contributed by atoms with van der Waals surface area (Å²) < 4.78 is 44.4. The predicted octanol–water partition coefficient (Wildman–Crippen LogP) is 3.27. The molecule has 1 heterocycles. The second-order valence-corrected chi connectivity index (χ2v) is 8.97. The highest BCUT2D eigenvalue weighted by atomic mass is 35.5. The van der Waals surface area contributed by atoms with E-state index in [4.69, 9.17) is 16.3 Å². The molecular formula is C19H20ClFN2O4S. The molecule has 0 aromatic heterocycles. The standard InChI is InChI=1S/C19H20ClFN2O4S/c1-12(13-3-6-15(21)7-4-13)22-19(24)18-9-10-23(28(2,25)26)16-11-14(20)5-8-17(16)27-18/h3-8,11-12,18H,9-10H2,1-2H3,(H,22,24)/t12-,18+/m1/s1. The van der Waals surface area contributed by atoms with Crippen LogP contribution < -0.4 is 14.4 Å². The minimum absolute atomic E-state index is 0.0786. The number of benzene rings is 2. The molecule has 0 saturated carbocycles. The summed E-state index contributed by atoms with van der Waals surface area (Å²) in [6.45, 7) is 1.85. The van der Waals surface area contributed by atoms with E-state index in [0.29, 0.717) is 10.7 Å². The molecule has 1 N–H and O–H groups in total. The van der Waals surface area contributed by atoms with Crippen LogP contribution in [0.15, 0.2) is 42.5 Å². The molecule has 1 aliphatic heterocycles. The summed E-state index contributed by atoms with van der Waals surface area (Å²) in [4.78, 5) is 12.7. The quantitative estimate of drug-likeness (QED) is 0.814. The van der Waals surface area contributed by atoms with Crippen LogP contribution in [-0.2, 0) is 14.8 Å². The van der Waals surface area contributed by atoms with Crippen molar-refractivity contribution in [1.82, 2.24) is 5.32 Å². The number of ether oxygens (including phenoxy) is 1. The minimum Gasteiger partial charge on any atom is -0.478 e. The zero-order valence-electron chi connectivity index (χ0n) is 15.4. The molecule has 0 radical (unpaired) electrons. The number of halogens is 2. The highest BCUT2D eigenvalue weighted by Gasteiger charge is 2.32. The van der Waals surface area contributed by atoms with E-state index in [2.05, 4.69) is 5.32 Å². The van der Waals surface area contributed by atoms with Gasteiger partial charge in [-0.3, -0.25) is 9.10 Å². The van der Waals surface area contributed by atoms with E-state index >= 15 is 0 Å². The maximum atomic E-state index is 13.1. The van der Waals surface area contributed by atoms with Crippen LogP contribution in [0.3, 0.4) is 0 Å². The van der Waals surface area contributed by atoms with Crippen LogP contribution in [0.4, 0.5) is 10.1 Å². The molecule has 1 aliphatic rings. The largest absolute Gasteiger partial charge is 0.478 e. The van der Waals surface area contributed by atoms with Gasteiger partial charge in [-0.05, 0) is 42.8 Å². The number of hydrogen-bond donors (Lipinski definition) is 1. The van der Waals surface area contributed by atoms with Crippen LogP contribution in [0.2, 0.25) is 5.02 Å². The first-order chi connectivity index (χ1) is 13.1. The Morgan fingerprint density at radius 2 is 1.96 bits per heavy atom. The molecule has 0 unspecified atom stereocenters. The third kappa shape index (κ3) is 4.56. The number of nitrogens with one attached hydrogen (secondary N) is 1. The lowest BCUT2D eigenvalue weighted by Gasteiger charge is -2.21. The van der Waals surface area contributed by atoms with E-state index < -0.39 is 16.1 Å². The van der Waals surface area contributed by atoms with Crippen molar-refractivity contribution in [3.63, 3.8) is 0 Å². The lowest BCUT2D eigenvalue weighted by Crippen LogP contribution is -2.40. The summed E-state index contributed by atoms with van der Waals surface area (Å²) in [6.07, 6.45) is 0.380. The number of sulfonamides is 1. The highest BCUT2D eigenvalue weighted by Crippen LogP contribution is 2.36. The fourth-order valence-electron chi connectivity index (χ4n) is 3.02. The van der Waals surface area contributed by atoms with Gasteiger partial charge in [-0.1, -0.05) is 23.7 Å². The van der Waals surface area contributed by atoms with Crippen LogP contribution in [0.5, 0.6) is 5.75 Å². The Bertz CT molecular complexity index is 982. The van der Waals surface area contributed by atoms with Crippen molar-refractivity contribution in [2.75, 3.05) is 17.1 Å². The Morgan fingerprint density at radius 3 is 2.61 bits per heavy atom. The van der Waals surface area contributed by atoms with Gasteiger partial charge in [-0.25, -0.2) is 12.8 Å². The molecule has 2 aromatic rings. The topological polar surface area (TPSA) is 75.7 Å². The molecule has 0 aliphatic carbocycles. The summed E-state index contributed by atoms with van der Waals surface area (Å²) in [5.41, 5.74) is 1.05. The number of carbonyl (C=O) groups is 1. The fraction of sp³-hybridized carbons (Fsp3) is 0.316. The van der Waals surface area contributed by atoms with Crippen molar-refractivity contribution in [3.05, 3.63) is 58.9 Å². The molecule has 0 bridgehead atoms. The van der Waals surface area contributed by atoms with Gasteiger partial charge in [-0.15, -0.1) is 0 Å². The van der Waals surface area contributed by atoms with E-state index in [1.807, 2.05) is 0 Å². The van der Waals surface area contributed by atoms with Gasteiger partial charge in [0, 0.05) is 18.0 Å². The van der Waals surface area contributed by atoms with Gasteiger partial charge in [0.25, 0.3) is 5.91 Å². The minimum atomic E-state index is -3.57. The number of nitrogens with zero attached hydrogens (tertiary/aromatic N) is 1. The van der Waals surface area contributed by atoms with E-state index in [-0.39, 0.29) is 36.5 Å². The Labute approximate surface area is 168 Å². The van der Waals surface area contributed by atoms with E-state index in [0.717, 1.165) is 11.8 Å². The molecule has 0 spiro atoms. The molecule has 2 atom stereocenters. The predicted molar refractivity (Wildman–Crippen MR) is 106 cm³/mol. The van der Waals surface area contributed by atoms with Gasteiger partial charge >= 0.3 is 0 Å². The van der Waals surface area contributed by atoms with Gasteiger partial charge in [0.2, 0.25) is 10.0 Å². The van der Waals surface area contributed by atoms with E-state index in [1.54, 1.807) is 31.2 Å². The van der Waals surface area contributed by atoms with Gasteiger partial charge in [0.05, 0.1) is 18.0 Å². The average Bonchev–Trinajstić information content (AvgIpc) is 2.81. The lowest BCUT2D eigenvalue weighted by molar-refractivity contribution is -0.128. The van der Waals surface area contributed by atoms with Gasteiger partial charge < -0.3 is 10.1 Å². The maximum absolute atomic E-state index is 13.1. The SMILES string of the molecule is C[C@@H](NC(=O)[C@@H]1CCN(S(C)(=O)=O)c2cc(Cl)ccc2O1)c1ccc(F)cc1. The third-order valence-corrected chi connectivity index (χ3v) is 5.89. The van der Waals surface area contributed by atoms with Gasteiger partial charge in [-0.2, -0.15) is 0 Å². The number of rotatable bonds is 4. The fourth-order valence-corrected chi connectivity index (χ4v) is 4.13. The molecule has 0 saturated heterocycles. The Balaban J connectivity index is 1.81. The molecule has 0 fully saturated rings. The molecular weight excluding hydrogens is 407 g/mol. The maximum Gasteiger partial charge on any atom is 0.261 e. The van der Waals surface area contributed by atoms with Crippen LogP contribution in [-0.4, -0.2) is 33.2 Å². The zero-order valence-corrected chi connectivity index (χ0v) is 16.9. The average molecular weight is 427 g/mol. The van der Waals surface area contributed by atoms with Crippen molar-refractivity contribution < 1.29 is 22.3 Å². The summed E-state index contributed by atoms with van der Waals surface area (Å²) in [7, 11) is -3.57.